The molecule has 0 N–H and O–H groups in total. The van der Waals surface area contributed by atoms with Crippen LogP contribution in [0.3, 0.4) is 0 Å². The molecule has 0 amide bonds. The summed E-state index contributed by atoms with van der Waals surface area (Å²) in [5, 5.41) is 0. The van der Waals surface area contributed by atoms with Gasteiger partial charge in [0.05, 0.1) is 0 Å². The van der Waals surface area contributed by atoms with Crippen LogP contribution in [0, 0.1) is 0 Å². The fourth-order valence-corrected chi connectivity index (χ4v) is 1.08. The standard InChI is InChI=1S/C2H3FS2/c3-2-1-4-5-2/h2H,1H2. The lowest BCUT2D eigenvalue weighted by Gasteiger charge is -2.12. The SMILES string of the molecule is FC1CSS1. The van der Waals surface area contributed by atoms with Crippen molar-refractivity contribution in [2.45, 2.75) is 5.50 Å². The number of hydrogen-bond donors (Lipinski definition) is 0. The molecule has 0 spiro atoms. The summed E-state index contributed by atoms with van der Waals surface area (Å²) in [6.45, 7) is 0. The summed E-state index contributed by atoms with van der Waals surface area (Å²) in [5.74, 6) is 0.699. The Hall–Kier alpha value is 0.630. The normalized spacial score (nSPS) is 36.6. The van der Waals surface area contributed by atoms with Crippen molar-refractivity contribution in [2.75, 3.05) is 5.75 Å². The lowest BCUT2D eigenvalue weighted by Crippen LogP contribution is -2.02. The van der Waals surface area contributed by atoms with Crippen molar-refractivity contribution >= 4 is 21.6 Å². The van der Waals surface area contributed by atoms with Gasteiger partial charge in [0.15, 0.2) is 5.50 Å². The Morgan fingerprint density at radius 3 is 2.20 bits per heavy atom. The molecule has 0 radical (unpaired) electrons. The molecule has 1 fully saturated rings. The van der Waals surface area contributed by atoms with Crippen molar-refractivity contribution in [3.05, 3.63) is 0 Å². The molecular formula is C2H3FS2. The van der Waals surface area contributed by atoms with Gasteiger partial charge in [-0.15, -0.1) is 0 Å². The molecule has 1 aliphatic rings. The quantitative estimate of drug-likeness (QED) is 0.435. The maximum atomic E-state index is 11.5. The van der Waals surface area contributed by atoms with E-state index in [1.165, 1.54) is 10.8 Å². The summed E-state index contributed by atoms with van der Waals surface area (Å²) in [4.78, 5) is 0. The van der Waals surface area contributed by atoms with Crippen LogP contribution >= 0.6 is 21.6 Å². The average molecular weight is 110 g/mol. The van der Waals surface area contributed by atoms with Gasteiger partial charge < -0.3 is 0 Å². The van der Waals surface area contributed by atoms with Crippen LogP contribution in [0.2, 0.25) is 0 Å². The molecular weight excluding hydrogens is 107 g/mol. The van der Waals surface area contributed by atoms with Crippen molar-refractivity contribution in [3.63, 3.8) is 0 Å². The zero-order valence-corrected chi connectivity index (χ0v) is 4.11. The molecule has 5 heavy (non-hydrogen) atoms. The molecule has 0 aromatic heterocycles. The molecule has 0 aromatic rings. The van der Waals surface area contributed by atoms with Crippen molar-refractivity contribution in [2.24, 2.45) is 0 Å². The van der Waals surface area contributed by atoms with Crippen molar-refractivity contribution in [1.82, 2.24) is 0 Å². The number of alkyl halides is 1. The highest BCUT2D eigenvalue weighted by Crippen LogP contribution is 2.40. The highest BCUT2D eigenvalue weighted by molar-refractivity contribution is 8.79. The summed E-state index contributed by atoms with van der Waals surface area (Å²) in [6, 6.07) is 0. The topological polar surface area (TPSA) is 0 Å². The average Bonchev–Trinajstić information content (AvgIpc) is 1.30. The minimum absolute atomic E-state index is 0.556. The third-order valence-electron chi connectivity index (χ3n) is 0.372. The molecule has 0 nitrogen and oxygen atoms in total. The van der Waals surface area contributed by atoms with Crippen LogP contribution in [0.25, 0.3) is 0 Å². The van der Waals surface area contributed by atoms with E-state index in [0.717, 1.165) is 0 Å². The second-order valence-corrected chi connectivity index (χ2v) is 3.35. The molecule has 3 heteroatoms. The Labute approximate surface area is 37.9 Å². The maximum absolute atomic E-state index is 11.5. The molecule has 0 saturated carbocycles. The second kappa shape index (κ2) is 1.39. The van der Waals surface area contributed by atoms with E-state index in [4.69, 9.17) is 0 Å². The monoisotopic (exact) mass is 110 g/mol. The summed E-state index contributed by atoms with van der Waals surface area (Å²) < 4.78 is 11.5. The Morgan fingerprint density at radius 2 is 2.20 bits per heavy atom. The molecule has 1 atom stereocenters. The summed E-state index contributed by atoms with van der Waals surface area (Å²) in [6.07, 6.45) is 0. The van der Waals surface area contributed by atoms with Crippen LogP contribution in [0.15, 0.2) is 0 Å². The van der Waals surface area contributed by atoms with E-state index in [-0.39, 0.29) is 0 Å². The van der Waals surface area contributed by atoms with Crippen molar-refractivity contribution < 1.29 is 4.39 Å². The van der Waals surface area contributed by atoms with Gasteiger partial charge in [0.2, 0.25) is 0 Å². The lowest BCUT2D eigenvalue weighted by molar-refractivity contribution is 0.487. The molecule has 0 aromatic carbocycles. The summed E-state index contributed by atoms with van der Waals surface area (Å²) >= 11 is 0. The molecule has 0 bridgehead atoms. The van der Waals surface area contributed by atoms with Gasteiger partial charge in [-0.1, -0.05) is 21.6 Å². The first kappa shape index (κ1) is 3.81. The lowest BCUT2D eigenvalue weighted by atomic mass is 10.9. The summed E-state index contributed by atoms with van der Waals surface area (Å²) in [7, 11) is 2.90. The fraction of sp³-hybridized carbons (Fsp3) is 1.00. The number of rotatable bonds is 0. The van der Waals surface area contributed by atoms with E-state index >= 15 is 0 Å². The predicted octanol–water partition coefficient (Wildman–Crippen LogP) is 1.68. The third kappa shape index (κ3) is 0.729. The Kier molecular flexibility index (Phi) is 1.06. The van der Waals surface area contributed by atoms with Gasteiger partial charge in [-0.3, -0.25) is 0 Å². The van der Waals surface area contributed by atoms with E-state index < -0.39 is 5.50 Å². The van der Waals surface area contributed by atoms with Gasteiger partial charge in [-0.05, 0) is 0 Å². The zero-order valence-electron chi connectivity index (χ0n) is 2.48. The largest absolute Gasteiger partial charge is 0.234 e. The Bertz CT molecular complexity index is 34.6. The molecule has 1 rings (SSSR count). The first-order valence-corrected chi connectivity index (χ1v) is 3.70. The van der Waals surface area contributed by atoms with Gasteiger partial charge in [-0.2, -0.15) is 0 Å². The highest BCUT2D eigenvalue weighted by atomic mass is 33.1. The molecule has 1 aliphatic heterocycles. The highest BCUT2D eigenvalue weighted by Gasteiger charge is 2.16. The van der Waals surface area contributed by atoms with Crippen molar-refractivity contribution in [1.29, 1.82) is 0 Å². The van der Waals surface area contributed by atoms with E-state index in [2.05, 4.69) is 0 Å². The molecule has 1 saturated heterocycles. The van der Waals surface area contributed by atoms with Gasteiger partial charge in [0.25, 0.3) is 0 Å². The van der Waals surface area contributed by atoms with E-state index in [9.17, 15) is 4.39 Å². The smallest absolute Gasteiger partial charge is 0.165 e. The Morgan fingerprint density at radius 1 is 1.80 bits per heavy atom. The van der Waals surface area contributed by atoms with Crippen LogP contribution in [0.1, 0.15) is 0 Å². The minimum Gasteiger partial charge on any atom is -0.234 e. The fourth-order valence-electron chi connectivity index (χ4n) is 0.119. The van der Waals surface area contributed by atoms with Crippen LogP contribution in [0.4, 0.5) is 4.39 Å². The van der Waals surface area contributed by atoms with Crippen LogP contribution in [-0.4, -0.2) is 11.3 Å². The molecule has 1 unspecified atom stereocenters. The summed E-state index contributed by atoms with van der Waals surface area (Å²) in [5.41, 5.74) is -0.556. The van der Waals surface area contributed by atoms with Crippen LogP contribution < -0.4 is 0 Å². The van der Waals surface area contributed by atoms with E-state index in [1.54, 1.807) is 10.8 Å². The van der Waals surface area contributed by atoms with Crippen LogP contribution in [-0.2, 0) is 0 Å². The van der Waals surface area contributed by atoms with Crippen molar-refractivity contribution in [3.8, 4) is 0 Å². The second-order valence-electron chi connectivity index (χ2n) is 0.791. The number of halogens is 1. The van der Waals surface area contributed by atoms with Gasteiger partial charge in [0.1, 0.15) is 0 Å². The zero-order chi connectivity index (χ0) is 3.70. The number of hydrogen-bond acceptors (Lipinski definition) is 2. The van der Waals surface area contributed by atoms with Gasteiger partial charge >= 0.3 is 0 Å². The predicted molar refractivity (Wildman–Crippen MR) is 24.9 cm³/mol. The van der Waals surface area contributed by atoms with Gasteiger partial charge in [0, 0.05) is 5.75 Å². The first-order valence-electron chi connectivity index (χ1n) is 1.32. The first-order chi connectivity index (χ1) is 2.39. The molecule has 1 heterocycles. The van der Waals surface area contributed by atoms with E-state index in [0.29, 0.717) is 5.75 Å². The minimum atomic E-state index is -0.556. The van der Waals surface area contributed by atoms with Crippen LogP contribution in [0.5, 0.6) is 0 Å². The van der Waals surface area contributed by atoms with Gasteiger partial charge in [-0.25, -0.2) is 4.39 Å². The molecule has 30 valence electrons. The molecule has 0 aliphatic carbocycles. The van der Waals surface area contributed by atoms with E-state index in [1.807, 2.05) is 0 Å². The maximum Gasteiger partial charge on any atom is 0.165 e. The Balaban J connectivity index is 2.08. The third-order valence-corrected chi connectivity index (χ3v) is 2.97.